The number of halogens is 2. The first-order valence-electron chi connectivity index (χ1n) is 14.2. The predicted molar refractivity (Wildman–Crippen MR) is 148 cm³/mol. The fourth-order valence-electron chi connectivity index (χ4n) is 5.92. The monoisotopic (exact) mass is 550 g/mol. The molecule has 1 unspecified atom stereocenters. The van der Waals surface area contributed by atoms with Crippen molar-refractivity contribution in [3.05, 3.63) is 77.5 Å². The van der Waals surface area contributed by atoms with Gasteiger partial charge in [0.05, 0.1) is 11.5 Å². The molecule has 1 aliphatic carbocycles. The molecule has 3 atom stereocenters. The van der Waals surface area contributed by atoms with Crippen molar-refractivity contribution in [2.24, 2.45) is 5.92 Å². The van der Waals surface area contributed by atoms with E-state index in [0.29, 0.717) is 25.6 Å². The summed E-state index contributed by atoms with van der Waals surface area (Å²) in [5.74, 6) is -2.34. The Morgan fingerprint density at radius 2 is 1.82 bits per heavy atom. The summed E-state index contributed by atoms with van der Waals surface area (Å²) in [6.45, 7) is 3.95. The number of carbonyl (C=O) groups excluding carboxylic acids is 2. The van der Waals surface area contributed by atoms with E-state index < -0.39 is 23.5 Å². The maximum Gasteiger partial charge on any atom is 0.273 e. The minimum atomic E-state index is -0.806. The molecule has 0 bridgehead atoms. The molecule has 1 aromatic heterocycles. The highest BCUT2D eigenvalue weighted by Gasteiger charge is 2.38. The lowest BCUT2D eigenvalue weighted by Gasteiger charge is -2.43. The lowest BCUT2D eigenvalue weighted by molar-refractivity contribution is -0.128. The predicted octanol–water partition coefficient (Wildman–Crippen LogP) is 5.29. The first kappa shape index (κ1) is 28.0. The van der Waals surface area contributed by atoms with Gasteiger partial charge in [-0.05, 0) is 42.9 Å². The van der Waals surface area contributed by atoms with Crippen LogP contribution in [0.25, 0.3) is 11.3 Å². The molecule has 0 radical (unpaired) electrons. The summed E-state index contributed by atoms with van der Waals surface area (Å²) in [6, 6.07) is 14.6. The van der Waals surface area contributed by atoms with Crippen LogP contribution in [0.4, 0.5) is 8.78 Å². The smallest absolute Gasteiger partial charge is 0.273 e. The van der Waals surface area contributed by atoms with Gasteiger partial charge in [0.1, 0.15) is 11.6 Å². The first-order valence-corrected chi connectivity index (χ1v) is 14.2. The summed E-state index contributed by atoms with van der Waals surface area (Å²) < 4.78 is 32.7. The average molecular weight is 551 g/mol. The topological polar surface area (TPSA) is 87.5 Å². The molecule has 7 nitrogen and oxygen atoms in total. The van der Waals surface area contributed by atoms with E-state index in [1.165, 1.54) is 31.4 Å². The molecule has 9 heteroatoms. The molecule has 2 N–H and O–H groups in total. The third-order valence-corrected chi connectivity index (χ3v) is 8.28. The largest absolute Gasteiger partial charge is 0.355 e. The fourth-order valence-corrected chi connectivity index (χ4v) is 5.92. The number of nitrogens with zero attached hydrogens (tertiary/aromatic N) is 2. The molecular weight excluding hydrogens is 514 g/mol. The lowest BCUT2D eigenvalue weighted by Crippen LogP contribution is -2.58. The van der Waals surface area contributed by atoms with E-state index in [0.717, 1.165) is 37.1 Å². The van der Waals surface area contributed by atoms with Crippen molar-refractivity contribution in [1.82, 2.24) is 20.7 Å². The summed E-state index contributed by atoms with van der Waals surface area (Å²) in [4.78, 5) is 29.1. The van der Waals surface area contributed by atoms with Crippen LogP contribution >= 0.6 is 0 Å². The van der Waals surface area contributed by atoms with Crippen LogP contribution in [0.2, 0.25) is 0 Å². The second-order valence-electron chi connectivity index (χ2n) is 11.0. The minimum absolute atomic E-state index is 0.0125. The Kier molecular flexibility index (Phi) is 8.89. The Morgan fingerprint density at radius 1 is 1.05 bits per heavy atom. The van der Waals surface area contributed by atoms with Crippen LogP contribution < -0.4 is 10.6 Å². The number of benzene rings is 2. The number of nitrogens with one attached hydrogen (secondary N) is 2. The first-order chi connectivity index (χ1) is 19.4. The molecule has 1 saturated heterocycles. The zero-order valence-electron chi connectivity index (χ0n) is 22.7. The molecule has 2 aliphatic rings. The zero-order chi connectivity index (χ0) is 28.1. The van der Waals surface area contributed by atoms with Crippen LogP contribution in [0, 0.1) is 17.6 Å². The molecule has 2 amide bonds. The van der Waals surface area contributed by atoms with Gasteiger partial charge < -0.3 is 15.2 Å². The van der Waals surface area contributed by atoms with Gasteiger partial charge in [0.15, 0.2) is 11.5 Å². The number of amides is 2. The lowest BCUT2D eigenvalue weighted by atomic mass is 9.86. The van der Waals surface area contributed by atoms with Gasteiger partial charge in [-0.2, -0.15) is 0 Å². The van der Waals surface area contributed by atoms with E-state index in [1.807, 2.05) is 18.2 Å². The summed E-state index contributed by atoms with van der Waals surface area (Å²) in [5.41, 5.74) is 1.14. The normalized spacial score (nSPS) is 21.1. The molecule has 1 saturated carbocycles. The summed E-state index contributed by atoms with van der Waals surface area (Å²) in [7, 11) is 0. The highest BCUT2D eigenvalue weighted by atomic mass is 19.1. The van der Waals surface area contributed by atoms with Crippen molar-refractivity contribution in [2.75, 3.05) is 19.6 Å². The van der Waals surface area contributed by atoms with Crippen LogP contribution in [0.1, 0.15) is 67.4 Å². The molecular formula is C31H36F2N4O3. The molecule has 1 aliphatic heterocycles. The number of piperidine rings is 1. The highest BCUT2D eigenvalue weighted by molar-refractivity contribution is 5.94. The summed E-state index contributed by atoms with van der Waals surface area (Å²) >= 11 is 0. The van der Waals surface area contributed by atoms with Crippen molar-refractivity contribution in [3.63, 3.8) is 0 Å². The molecule has 0 spiro atoms. The van der Waals surface area contributed by atoms with Gasteiger partial charge >= 0.3 is 0 Å². The Hall–Kier alpha value is -3.59. The number of aromatic nitrogens is 1. The molecule has 5 rings (SSSR count). The van der Waals surface area contributed by atoms with Gasteiger partial charge in [0.25, 0.3) is 5.91 Å². The van der Waals surface area contributed by atoms with Crippen molar-refractivity contribution in [2.45, 2.75) is 63.5 Å². The summed E-state index contributed by atoms with van der Waals surface area (Å²) in [5, 5.41) is 9.94. The van der Waals surface area contributed by atoms with E-state index in [4.69, 9.17) is 4.52 Å². The number of likely N-dealkylation sites (tertiary alicyclic amines) is 1. The number of rotatable bonds is 8. The van der Waals surface area contributed by atoms with Crippen LogP contribution in [-0.2, 0) is 4.79 Å². The standard InChI is InChI=1S/C31H36F2N4O3/c1-20(21-8-4-2-5-9-21)18-34-30(38)25-19-37(23-10-6-3-7-11-23)15-14-27(25)35-31(39)28-17-29(40-36-28)24-13-12-22(32)16-26(24)33/h2,4-5,8-9,12-13,16-17,20,23,25,27H,3,6-7,10-11,14-15,18-19H2,1H3,(H,34,38)(H,35,39)/t20?,25-,27-/m1/s1. The highest BCUT2D eigenvalue weighted by Crippen LogP contribution is 2.29. The van der Waals surface area contributed by atoms with Crippen molar-refractivity contribution in [1.29, 1.82) is 0 Å². The summed E-state index contributed by atoms with van der Waals surface area (Å²) in [6.07, 6.45) is 6.57. The van der Waals surface area contributed by atoms with Crippen LogP contribution in [0.3, 0.4) is 0 Å². The fraction of sp³-hybridized carbons (Fsp3) is 0.452. The minimum Gasteiger partial charge on any atom is -0.355 e. The van der Waals surface area contributed by atoms with Crippen LogP contribution in [0.5, 0.6) is 0 Å². The van der Waals surface area contributed by atoms with Crippen LogP contribution in [0.15, 0.2) is 59.1 Å². The van der Waals surface area contributed by atoms with Crippen molar-refractivity contribution in [3.8, 4) is 11.3 Å². The average Bonchev–Trinajstić information content (AvgIpc) is 3.47. The molecule has 40 heavy (non-hydrogen) atoms. The Morgan fingerprint density at radius 3 is 2.58 bits per heavy atom. The Labute approximate surface area is 233 Å². The third kappa shape index (κ3) is 6.58. The Bertz CT molecular complexity index is 1310. The Balaban J connectivity index is 1.28. The zero-order valence-corrected chi connectivity index (χ0v) is 22.7. The number of carbonyl (C=O) groups is 2. The molecule has 212 valence electrons. The van der Waals surface area contributed by atoms with E-state index >= 15 is 0 Å². The third-order valence-electron chi connectivity index (χ3n) is 8.28. The maximum absolute atomic E-state index is 14.2. The molecule has 2 heterocycles. The quantitative estimate of drug-likeness (QED) is 0.398. The van der Waals surface area contributed by atoms with Gasteiger partial charge in [-0.1, -0.05) is 61.7 Å². The molecule has 3 aromatic rings. The second-order valence-corrected chi connectivity index (χ2v) is 11.0. The van der Waals surface area contributed by atoms with Gasteiger partial charge in [0, 0.05) is 43.9 Å². The SMILES string of the molecule is CC(CNC(=O)[C@@H]1CN(C2CCCCC2)CC[C@H]1NC(=O)c1cc(-c2ccc(F)cc2F)on1)c1ccccc1. The second kappa shape index (κ2) is 12.7. The van der Waals surface area contributed by atoms with Gasteiger partial charge in [-0.25, -0.2) is 8.78 Å². The van der Waals surface area contributed by atoms with Crippen molar-refractivity contribution < 1.29 is 22.9 Å². The van der Waals surface area contributed by atoms with Gasteiger partial charge in [-0.3, -0.25) is 14.5 Å². The van der Waals surface area contributed by atoms with Gasteiger partial charge in [0.2, 0.25) is 5.91 Å². The van der Waals surface area contributed by atoms with E-state index in [2.05, 4.69) is 39.7 Å². The number of hydrogen-bond acceptors (Lipinski definition) is 5. The molecule has 2 aromatic carbocycles. The van der Waals surface area contributed by atoms with E-state index in [9.17, 15) is 18.4 Å². The van der Waals surface area contributed by atoms with Crippen LogP contribution in [-0.4, -0.2) is 53.6 Å². The molecule has 2 fully saturated rings. The van der Waals surface area contributed by atoms with E-state index in [-0.39, 0.29) is 34.9 Å². The van der Waals surface area contributed by atoms with Crippen molar-refractivity contribution >= 4 is 11.8 Å². The van der Waals surface area contributed by atoms with Gasteiger partial charge in [-0.15, -0.1) is 0 Å². The van der Waals surface area contributed by atoms with E-state index in [1.54, 1.807) is 0 Å². The maximum atomic E-state index is 14.2. The number of hydrogen-bond donors (Lipinski definition) is 2.